The highest BCUT2D eigenvalue weighted by Gasteiger charge is 2.22. The van der Waals surface area contributed by atoms with Crippen molar-refractivity contribution in [3.63, 3.8) is 0 Å². The monoisotopic (exact) mass is 386 g/mol. The van der Waals surface area contributed by atoms with Gasteiger partial charge in [-0.25, -0.2) is 0 Å². The molecule has 3 aromatic rings. The second-order valence-corrected chi connectivity index (χ2v) is 7.69. The summed E-state index contributed by atoms with van der Waals surface area (Å²) in [6.45, 7) is 1.23. The van der Waals surface area contributed by atoms with Gasteiger partial charge in [0, 0.05) is 29.4 Å². The third-order valence-corrected chi connectivity index (χ3v) is 6.12. The average Bonchev–Trinajstić information content (AvgIpc) is 3.10. The molecule has 0 fully saturated rings. The molecular weight excluding hydrogens is 368 g/mol. The molecular formula is C19H19ClN4OS. The van der Waals surface area contributed by atoms with E-state index in [9.17, 15) is 4.79 Å². The Labute approximate surface area is 160 Å². The first kappa shape index (κ1) is 17.4. The summed E-state index contributed by atoms with van der Waals surface area (Å²) < 4.78 is 0. The van der Waals surface area contributed by atoms with Gasteiger partial charge in [-0.05, 0) is 29.9 Å². The Balaban J connectivity index is 1.34. The summed E-state index contributed by atoms with van der Waals surface area (Å²) in [5, 5.41) is 15.1. The molecule has 26 heavy (non-hydrogen) atoms. The first-order valence-corrected chi connectivity index (χ1v) is 9.96. The number of fused-ring (bicyclic) bond motifs is 2. The lowest BCUT2D eigenvalue weighted by Gasteiger charge is -2.26. The van der Waals surface area contributed by atoms with Crippen LogP contribution in [0, 0.1) is 0 Å². The van der Waals surface area contributed by atoms with Gasteiger partial charge in [-0.2, -0.15) is 5.10 Å². The van der Waals surface area contributed by atoms with Crippen LogP contribution >= 0.6 is 23.4 Å². The lowest BCUT2D eigenvalue weighted by Crippen LogP contribution is -2.34. The van der Waals surface area contributed by atoms with Gasteiger partial charge < -0.3 is 10.6 Å². The number of carbonyl (C=O) groups is 1. The molecule has 1 aliphatic heterocycles. The summed E-state index contributed by atoms with van der Waals surface area (Å²) in [5.41, 5.74) is 2.55. The maximum atomic E-state index is 12.4. The van der Waals surface area contributed by atoms with E-state index in [0.29, 0.717) is 18.8 Å². The van der Waals surface area contributed by atoms with E-state index in [2.05, 4.69) is 26.9 Å². The molecule has 0 saturated heterocycles. The van der Waals surface area contributed by atoms with E-state index in [1.54, 1.807) is 0 Å². The number of para-hydroxylation sites is 1. The number of aromatic amines is 1. The number of H-pyrrole nitrogens is 1. The van der Waals surface area contributed by atoms with Gasteiger partial charge in [-0.1, -0.05) is 41.9 Å². The molecule has 0 aliphatic carbocycles. The molecule has 0 saturated carbocycles. The molecule has 5 nitrogen and oxygen atoms in total. The van der Waals surface area contributed by atoms with E-state index >= 15 is 0 Å². The fraction of sp³-hybridized carbons (Fsp3) is 0.263. The van der Waals surface area contributed by atoms with Crippen molar-refractivity contribution in [2.75, 3.05) is 18.8 Å². The SMILES string of the molecule is O=C(NCCNC1CCSc2c(Cl)cccc21)c1n[nH]c2ccccc12. The van der Waals surface area contributed by atoms with Crippen molar-refractivity contribution in [3.8, 4) is 0 Å². The largest absolute Gasteiger partial charge is 0.349 e. The number of aromatic nitrogens is 2. The summed E-state index contributed by atoms with van der Waals surface area (Å²) in [4.78, 5) is 13.5. The number of rotatable bonds is 5. The quantitative estimate of drug-likeness (QED) is 0.584. The molecule has 1 amide bonds. The van der Waals surface area contributed by atoms with Crippen molar-refractivity contribution in [2.24, 2.45) is 0 Å². The minimum atomic E-state index is -0.160. The van der Waals surface area contributed by atoms with Crippen molar-refractivity contribution in [2.45, 2.75) is 17.4 Å². The van der Waals surface area contributed by atoms with Gasteiger partial charge in [0.15, 0.2) is 5.69 Å². The van der Waals surface area contributed by atoms with Crippen LogP contribution in [-0.2, 0) is 0 Å². The zero-order valence-electron chi connectivity index (χ0n) is 14.1. The normalized spacial score (nSPS) is 16.4. The maximum absolute atomic E-state index is 12.4. The minimum absolute atomic E-state index is 0.160. The summed E-state index contributed by atoms with van der Waals surface area (Å²) in [6.07, 6.45) is 1.05. The van der Waals surface area contributed by atoms with Crippen LogP contribution < -0.4 is 10.6 Å². The number of thioether (sulfide) groups is 1. The van der Waals surface area contributed by atoms with Crippen molar-refractivity contribution in [1.29, 1.82) is 0 Å². The molecule has 0 spiro atoms. The summed E-state index contributed by atoms with van der Waals surface area (Å²) >= 11 is 8.11. The predicted molar refractivity (Wildman–Crippen MR) is 106 cm³/mol. The molecule has 1 unspecified atom stereocenters. The highest BCUT2D eigenvalue weighted by atomic mass is 35.5. The van der Waals surface area contributed by atoms with Crippen molar-refractivity contribution in [1.82, 2.24) is 20.8 Å². The molecule has 3 N–H and O–H groups in total. The number of benzene rings is 2. The molecule has 1 atom stereocenters. The summed E-state index contributed by atoms with van der Waals surface area (Å²) in [6, 6.07) is 13.9. The third kappa shape index (κ3) is 3.45. The van der Waals surface area contributed by atoms with Crippen LogP contribution in [0.25, 0.3) is 10.9 Å². The topological polar surface area (TPSA) is 69.8 Å². The van der Waals surface area contributed by atoms with Crippen molar-refractivity contribution >= 4 is 40.2 Å². The molecule has 0 bridgehead atoms. The number of carbonyl (C=O) groups excluding carboxylic acids is 1. The van der Waals surface area contributed by atoms with Crippen molar-refractivity contribution < 1.29 is 4.79 Å². The summed E-state index contributed by atoms with van der Waals surface area (Å²) in [5.74, 6) is 0.881. The van der Waals surface area contributed by atoms with E-state index in [1.165, 1.54) is 10.5 Å². The van der Waals surface area contributed by atoms with Gasteiger partial charge in [-0.15, -0.1) is 11.8 Å². The zero-order valence-corrected chi connectivity index (χ0v) is 15.7. The smallest absolute Gasteiger partial charge is 0.272 e. The lowest BCUT2D eigenvalue weighted by atomic mass is 10.0. The molecule has 7 heteroatoms. The maximum Gasteiger partial charge on any atom is 0.272 e. The fourth-order valence-corrected chi connectivity index (χ4v) is 4.73. The van der Waals surface area contributed by atoms with Crippen LogP contribution in [0.1, 0.15) is 28.5 Å². The van der Waals surface area contributed by atoms with Crippen LogP contribution in [0.15, 0.2) is 47.4 Å². The van der Waals surface area contributed by atoms with Crippen LogP contribution in [0.3, 0.4) is 0 Å². The van der Waals surface area contributed by atoms with Gasteiger partial charge in [0.25, 0.3) is 5.91 Å². The highest BCUT2D eigenvalue weighted by molar-refractivity contribution is 7.99. The van der Waals surface area contributed by atoms with Crippen LogP contribution in [0.4, 0.5) is 0 Å². The van der Waals surface area contributed by atoms with Gasteiger partial charge in [0.2, 0.25) is 0 Å². The standard InChI is InChI=1S/C19H19ClN4OS/c20-14-6-3-5-13-15(8-11-26-18(13)14)21-9-10-22-19(25)17-12-4-1-2-7-16(12)23-24-17/h1-7,15,21H,8-11H2,(H,22,25)(H,23,24). The molecule has 1 aliphatic rings. The first-order valence-electron chi connectivity index (χ1n) is 8.60. The van der Waals surface area contributed by atoms with Gasteiger partial charge in [0.05, 0.1) is 10.5 Å². The first-order chi connectivity index (χ1) is 12.7. The summed E-state index contributed by atoms with van der Waals surface area (Å²) in [7, 11) is 0. The fourth-order valence-electron chi connectivity index (χ4n) is 3.24. The van der Waals surface area contributed by atoms with E-state index in [1.807, 2.05) is 48.2 Å². The molecule has 2 aromatic carbocycles. The minimum Gasteiger partial charge on any atom is -0.349 e. The Kier molecular flexibility index (Phi) is 5.15. The molecule has 1 aromatic heterocycles. The van der Waals surface area contributed by atoms with E-state index in [-0.39, 0.29) is 11.9 Å². The number of nitrogens with one attached hydrogen (secondary N) is 3. The zero-order chi connectivity index (χ0) is 17.9. The number of halogens is 1. The van der Waals surface area contributed by atoms with E-state index in [0.717, 1.165) is 28.1 Å². The van der Waals surface area contributed by atoms with E-state index in [4.69, 9.17) is 11.6 Å². The van der Waals surface area contributed by atoms with Gasteiger partial charge >= 0.3 is 0 Å². The Hall–Kier alpha value is -2.02. The second kappa shape index (κ2) is 7.70. The van der Waals surface area contributed by atoms with Gasteiger partial charge in [0.1, 0.15) is 0 Å². The molecule has 4 rings (SSSR count). The average molecular weight is 387 g/mol. The van der Waals surface area contributed by atoms with Crippen LogP contribution in [0.2, 0.25) is 5.02 Å². The Morgan fingerprint density at radius 2 is 2.12 bits per heavy atom. The molecule has 2 heterocycles. The number of nitrogens with zero attached hydrogens (tertiary/aromatic N) is 1. The van der Waals surface area contributed by atoms with Gasteiger partial charge in [-0.3, -0.25) is 9.89 Å². The number of hydrogen-bond acceptors (Lipinski definition) is 4. The lowest BCUT2D eigenvalue weighted by molar-refractivity contribution is 0.0950. The predicted octanol–water partition coefficient (Wildman–Crippen LogP) is 3.77. The van der Waals surface area contributed by atoms with Crippen molar-refractivity contribution in [3.05, 3.63) is 58.7 Å². The number of amides is 1. The third-order valence-electron chi connectivity index (χ3n) is 4.51. The molecule has 134 valence electrons. The second-order valence-electron chi connectivity index (χ2n) is 6.18. The Morgan fingerprint density at radius 1 is 1.23 bits per heavy atom. The highest BCUT2D eigenvalue weighted by Crippen LogP contribution is 2.40. The Bertz CT molecular complexity index is 942. The van der Waals surface area contributed by atoms with E-state index < -0.39 is 0 Å². The Morgan fingerprint density at radius 3 is 3.04 bits per heavy atom. The molecule has 0 radical (unpaired) electrons. The van der Waals surface area contributed by atoms with Crippen LogP contribution in [0.5, 0.6) is 0 Å². The number of hydrogen-bond donors (Lipinski definition) is 3. The van der Waals surface area contributed by atoms with Crippen LogP contribution in [-0.4, -0.2) is 34.9 Å².